The molecule has 2 nitrogen and oxygen atoms in total. The molecule has 0 spiro atoms. The second-order valence-electron chi connectivity index (χ2n) is 2.37. The van der Waals surface area contributed by atoms with Gasteiger partial charge in [-0.1, -0.05) is 12.1 Å². The van der Waals surface area contributed by atoms with Gasteiger partial charge in [0.1, 0.15) is 6.61 Å². The van der Waals surface area contributed by atoms with E-state index in [4.69, 9.17) is 4.74 Å². The Morgan fingerprint density at radius 3 is 2.92 bits per heavy atom. The average molecular weight is 276 g/mol. The van der Waals surface area contributed by atoms with Crippen LogP contribution in [0.1, 0.15) is 10.4 Å². The molecular formula is C9H9IO2. The first-order valence-electron chi connectivity index (χ1n) is 3.51. The zero-order chi connectivity index (χ0) is 8.97. The topological polar surface area (TPSA) is 26.3 Å². The second-order valence-corrected chi connectivity index (χ2v) is 3.61. The van der Waals surface area contributed by atoms with Gasteiger partial charge in [0, 0.05) is 16.2 Å². The second kappa shape index (κ2) is 4.57. The van der Waals surface area contributed by atoms with Gasteiger partial charge in [-0.2, -0.15) is 0 Å². The molecule has 0 fully saturated rings. The van der Waals surface area contributed by atoms with E-state index in [1.807, 2.05) is 18.2 Å². The van der Waals surface area contributed by atoms with Gasteiger partial charge in [0.25, 0.3) is 0 Å². The maximum absolute atomic E-state index is 11.3. The van der Waals surface area contributed by atoms with Crippen LogP contribution in [0.5, 0.6) is 0 Å². The van der Waals surface area contributed by atoms with Crippen LogP contribution in [-0.2, 0) is 4.74 Å². The lowest BCUT2D eigenvalue weighted by atomic mass is 10.1. The van der Waals surface area contributed by atoms with E-state index < -0.39 is 0 Å². The first-order chi connectivity index (χ1) is 5.74. The number of carbonyl (C=O) groups is 1. The van der Waals surface area contributed by atoms with Crippen LogP contribution in [0, 0.1) is 3.57 Å². The van der Waals surface area contributed by atoms with Gasteiger partial charge in [0.15, 0.2) is 5.78 Å². The first kappa shape index (κ1) is 9.67. The molecule has 1 aromatic rings. The van der Waals surface area contributed by atoms with Crippen molar-refractivity contribution in [2.24, 2.45) is 0 Å². The molecule has 0 bridgehead atoms. The van der Waals surface area contributed by atoms with Crippen LogP contribution >= 0.6 is 22.6 Å². The van der Waals surface area contributed by atoms with Crippen LogP contribution in [0.2, 0.25) is 0 Å². The van der Waals surface area contributed by atoms with E-state index in [0.717, 1.165) is 3.57 Å². The molecule has 0 heterocycles. The van der Waals surface area contributed by atoms with Crippen molar-refractivity contribution in [1.29, 1.82) is 0 Å². The highest BCUT2D eigenvalue weighted by molar-refractivity contribution is 14.1. The van der Waals surface area contributed by atoms with Crippen molar-refractivity contribution in [3.05, 3.63) is 33.4 Å². The Hall–Kier alpha value is -0.420. The Labute approximate surface area is 85.1 Å². The molecule has 64 valence electrons. The first-order valence-corrected chi connectivity index (χ1v) is 4.59. The molecule has 0 saturated heterocycles. The highest BCUT2D eigenvalue weighted by Crippen LogP contribution is 2.08. The van der Waals surface area contributed by atoms with Crippen LogP contribution in [0.15, 0.2) is 24.3 Å². The summed E-state index contributed by atoms with van der Waals surface area (Å²) in [6.45, 7) is 0.153. The molecule has 1 rings (SSSR count). The highest BCUT2D eigenvalue weighted by Gasteiger charge is 2.03. The molecule has 0 aliphatic rings. The maximum atomic E-state index is 11.3. The van der Waals surface area contributed by atoms with Crippen LogP contribution in [0.4, 0.5) is 0 Å². The van der Waals surface area contributed by atoms with Crippen LogP contribution < -0.4 is 0 Å². The van der Waals surface area contributed by atoms with Crippen LogP contribution in [0.3, 0.4) is 0 Å². The SMILES string of the molecule is COCC(=O)c1cccc(I)c1. The fraction of sp³-hybridized carbons (Fsp3) is 0.222. The molecule has 0 N–H and O–H groups in total. The third kappa shape index (κ3) is 2.57. The van der Waals surface area contributed by atoms with E-state index in [1.54, 1.807) is 6.07 Å². The molecule has 12 heavy (non-hydrogen) atoms. The number of rotatable bonds is 3. The van der Waals surface area contributed by atoms with Crippen molar-refractivity contribution in [3.8, 4) is 0 Å². The molecule has 0 atom stereocenters. The molecular weight excluding hydrogens is 267 g/mol. The number of ether oxygens (including phenoxy) is 1. The third-order valence-corrected chi connectivity index (χ3v) is 2.09. The van der Waals surface area contributed by atoms with Crippen molar-refractivity contribution in [2.45, 2.75) is 0 Å². The molecule has 3 heteroatoms. The zero-order valence-electron chi connectivity index (χ0n) is 6.71. The minimum Gasteiger partial charge on any atom is -0.377 e. The Bertz CT molecular complexity index is 284. The van der Waals surface area contributed by atoms with Crippen molar-refractivity contribution >= 4 is 28.4 Å². The quantitative estimate of drug-likeness (QED) is 0.624. The standard InChI is InChI=1S/C9H9IO2/c1-12-6-9(11)7-3-2-4-8(10)5-7/h2-5H,6H2,1H3. The summed E-state index contributed by atoms with van der Waals surface area (Å²) in [4.78, 5) is 11.3. The minimum atomic E-state index is 0.0241. The predicted octanol–water partition coefficient (Wildman–Crippen LogP) is 2.12. The fourth-order valence-electron chi connectivity index (χ4n) is 0.876. The summed E-state index contributed by atoms with van der Waals surface area (Å²) >= 11 is 2.17. The number of halogens is 1. The summed E-state index contributed by atoms with van der Waals surface area (Å²) in [6.07, 6.45) is 0. The van der Waals surface area contributed by atoms with Gasteiger partial charge in [-0.05, 0) is 34.7 Å². The molecule has 0 aliphatic carbocycles. The van der Waals surface area contributed by atoms with Gasteiger partial charge < -0.3 is 4.74 Å². The molecule has 0 radical (unpaired) electrons. The van der Waals surface area contributed by atoms with E-state index in [9.17, 15) is 4.79 Å². The molecule has 0 aromatic heterocycles. The Morgan fingerprint density at radius 1 is 1.58 bits per heavy atom. The predicted molar refractivity (Wildman–Crippen MR) is 55.4 cm³/mol. The van der Waals surface area contributed by atoms with E-state index >= 15 is 0 Å². The van der Waals surface area contributed by atoms with Gasteiger partial charge in [0.2, 0.25) is 0 Å². The average Bonchev–Trinajstić information content (AvgIpc) is 2.05. The summed E-state index contributed by atoms with van der Waals surface area (Å²) < 4.78 is 5.81. The maximum Gasteiger partial charge on any atom is 0.188 e. The summed E-state index contributed by atoms with van der Waals surface area (Å²) in [5.74, 6) is 0.0241. The van der Waals surface area contributed by atoms with Gasteiger partial charge in [-0.3, -0.25) is 4.79 Å². The highest BCUT2D eigenvalue weighted by atomic mass is 127. The number of carbonyl (C=O) groups excluding carboxylic acids is 1. The number of ketones is 1. The zero-order valence-corrected chi connectivity index (χ0v) is 8.87. The van der Waals surface area contributed by atoms with Crippen LogP contribution in [-0.4, -0.2) is 19.5 Å². The number of Topliss-reactive ketones (excluding diaryl/α,β-unsaturated/α-hetero) is 1. The molecule has 0 unspecified atom stereocenters. The smallest absolute Gasteiger partial charge is 0.188 e. The Balaban J connectivity index is 2.81. The number of hydrogen-bond donors (Lipinski definition) is 0. The van der Waals surface area contributed by atoms with Crippen LogP contribution in [0.25, 0.3) is 0 Å². The van der Waals surface area contributed by atoms with E-state index in [0.29, 0.717) is 5.56 Å². The Morgan fingerprint density at radius 2 is 2.33 bits per heavy atom. The largest absolute Gasteiger partial charge is 0.377 e. The third-order valence-electron chi connectivity index (χ3n) is 1.42. The lowest BCUT2D eigenvalue weighted by Crippen LogP contribution is -2.06. The number of hydrogen-bond acceptors (Lipinski definition) is 2. The normalized spacial score (nSPS) is 9.83. The van der Waals surface area contributed by atoms with Crippen molar-refractivity contribution in [1.82, 2.24) is 0 Å². The molecule has 0 saturated carbocycles. The van der Waals surface area contributed by atoms with Gasteiger partial charge in [-0.15, -0.1) is 0 Å². The van der Waals surface area contributed by atoms with Gasteiger partial charge in [-0.25, -0.2) is 0 Å². The summed E-state index contributed by atoms with van der Waals surface area (Å²) in [7, 11) is 1.52. The van der Waals surface area contributed by atoms with E-state index in [2.05, 4.69) is 22.6 Å². The summed E-state index contributed by atoms with van der Waals surface area (Å²) in [5, 5.41) is 0. The molecule has 0 amide bonds. The van der Waals surface area contributed by atoms with E-state index in [-0.39, 0.29) is 12.4 Å². The summed E-state index contributed by atoms with van der Waals surface area (Å²) in [6, 6.07) is 7.46. The lowest BCUT2D eigenvalue weighted by molar-refractivity contribution is 0.0848. The minimum absolute atomic E-state index is 0.0241. The van der Waals surface area contributed by atoms with Crippen molar-refractivity contribution in [3.63, 3.8) is 0 Å². The number of methoxy groups -OCH3 is 1. The Kier molecular flexibility index (Phi) is 3.68. The van der Waals surface area contributed by atoms with Gasteiger partial charge >= 0.3 is 0 Å². The number of benzene rings is 1. The monoisotopic (exact) mass is 276 g/mol. The molecule has 1 aromatic carbocycles. The van der Waals surface area contributed by atoms with Gasteiger partial charge in [0.05, 0.1) is 0 Å². The van der Waals surface area contributed by atoms with Crippen molar-refractivity contribution in [2.75, 3.05) is 13.7 Å². The van der Waals surface area contributed by atoms with Crippen molar-refractivity contribution < 1.29 is 9.53 Å². The van der Waals surface area contributed by atoms with E-state index in [1.165, 1.54) is 7.11 Å². The molecule has 0 aliphatic heterocycles. The lowest BCUT2D eigenvalue weighted by Gasteiger charge is -1.99. The fourth-order valence-corrected chi connectivity index (χ4v) is 1.42. The summed E-state index contributed by atoms with van der Waals surface area (Å²) in [5.41, 5.74) is 0.712.